The van der Waals surface area contributed by atoms with Crippen LogP contribution in [-0.2, 0) is 55.4 Å². The molecular formula is C58H59ClF2N6O18P2. The molecule has 4 unspecified atom stereocenters. The number of halogens is 3. The van der Waals surface area contributed by atoms with Gasteiger partial charge >= 0.3 is 37.9 Å². The number of hydrogen-bond acceptors (Lipinski definition) is 18. The van der Waals surface area contributed by atoms with Crippen LogP contribution in [0, 0.1) is 11.6 Å². The fourth-order valence-corrected chi connectivity index (χ4v) is 12.0. The third-order valence-electron chi connectivity index (χ3n) is 13.3. The quantitative estimate of drug-likeness (QED) is 0.0298. The molecule has 0 radical (unpaired) electrons. The molecule has 2 aliphatic rings. The van der Waals surface area contributed by atoms with E-state index in [2.05, 4.69) is 10.2 Å². The van der Waals surface area contributed by atoms with Crippen LogP contribution in [0.2, 0.25) is 0 Å². The van der Waals surface area contributed by atoms with Crippen molar-refractivity contribution in [1.82, 2.24) is 29.3 Å². The third kappa shape index (κ3) is 17.6. The van der Waals surface area contributed by atoms with Gasteiger partial charge in [0.15, 0.2) is 0 Å². The van der Waals surface area contributed by atoms with Gasteiger partial charge in [-0.05, 0) is 47.9 Å². The lowest BCUT2D eigenvalue weighted by Crippen LogP contribution is -2.36. The van der Waals surface area contributed by atoms with E-state index in [9.17, 15) is 56.9 Å². The number of aliphatic hydroxyl groups is 3. The Morgan fingerprint density at radius 3 is 1.51 bits per heavy atom. The lowest BCUT2D eigenvalue weighted by molar-refractivity contribution is -0.147. The average molecular weight is 1260 g/mol. The van der Waals surface area contributed by atoms with Crippen molar-refractivity contribution < 1.29 is 75.3 Å². The van der Waals surface area contributed by atoms with Gasteiger partial charge in [-0.15, -0.1) is 0 Å². The van der Waals surface area contributed by atoms with Crippen molar-refractivity contribution in [3.8, 4) is 11.5 Å². The SMILES string of the molecule is C[C@H](NP(=O)(Cl)Oc1cccc2ccccc12)C(=O)OCc1ccccc1.C[C@H](NP(=O)(OC[C@H]1O[C@@H](n2cc(F)c(=O)[nH]c2=O)CC1O)Oc1cccc2ccccc12)C(=O)OCc1ccccc1.O=c1[nH]c(=O)n([C@H]2CC(O)[C@@H](CO)O2)cc1F. The number of carbonyl (C=O) groups excluding carboxylic acids is 2. The molecule has 29 heteroatoms. The van der Waals surface area contributed by atoms with Crippen LogP contribution in [0.1, 0.15) is 50.3 Å². The van der Waals surface area contributed by atoms with Crippen molar-refractivity contribution in [1.29, 1.82) is 0 Å². The second-order valence-electron chi connectivity index (χ2n) is 19.6. The first-order valence-electron chi connectivity index (χ1n) is 26.7. The van der Waals surface area contributed by atoms with Gasteiger partial charge in [0.25, 0.3) is 11.1 Å². The van der Waals surface area contributed by atoms with Crippen LogP contribution >= 0.6 is 25.9 Å². The molecule has 7 N–H and O–H groups in total. The highest BCUT2D eigenvalue weighted by atomic mass is 35.7. The number of aliphatic hydroxyl groups excluding tert-OH is 3. The summed E-state index contributed by atoms with van der Waals surface area (Å²) in [7, 11) is -4.36. The van der Waals surface area contributed by atoms with Crippen molar-refractivity contribution in [2.45, 2.75) is 88.9 Å². The molecule has 0 amide bonds. The fraction of sp³-hybridized carbons (Fsp3) is 0.276. The number of aromatic amines is 2. The van der Waals surface area contributed by atoms with Crippen LogP contribution in [0.4, 0.5) is 8.78 Å². The van der Waals surface area contributed by atoms with Crippen LogP contribution in [0.25, 0.3) is 21.5 Å². The van der Waals surface area contributed by atoms with Gasteiger partial charge in [-0.2, -0.15) is 13.9 Å². The Labute approximate surface area is 498 Å². The summed E-state index contributed by atoms with van der Waals surface area (Å²) >= 11 is 6.04. The molecule has 10 atom stereocenters. The van der Waals surface area contributed by atoms with Crippen molar-refractivity contribution in [3.63, 3.8) is 0 Å². The van der Waals surface area contributed by atoms with E-state index in [4.69, 9.17) is 48.9 Å². The Morgan fingerprint density at radius 1 is 0.621 bits per heavy atom. The standard InChI is InChI=1S/C29H29FN3O9P.C20H19ClNO4P.C9H11FN2O5/c1-18(28(36)39-16-19-8-3-2-4-9-19)32-43(38,42-24-13-7-11-20-10-5-6-12-21(20)24)40-17-25-23(34)14-26(41-25)33-15-22(30)27(35)31-29(33)37;1-15(20(23)25-14-16-8-3-2-4-9-16)22-27(21,24)26-19-13-7-11-17-10-5-6-12-18(17)19;10-4-2-12(9(16)11-8(4)15)7-1-5(14)6(3-13)17-7/h2-13,15,18,23,25-26,34H,14,16-17H2,1H3,(H,32,38)(H,31,35,37);2-13,15H,14H2,1H3,(H,22,24);2,5-7,13-14H,1,3H2,(H,11,15,16)/t18-,23?,25+,26+,43?;15-,27?;5?,6-,7-/m001/s1. The zero-order valence-corrected chi connectivity index (χ0v) is 48.8. The summed E-state index contributed by atoms with van der Waals surface area (Å²) in [5.74, 6) is -3.02. The highest BCUT2D eigenvalue weighted by Gasteiger charge is 2.40. The highest BCUT2D eigenvalue weighted by molar-refractivity contribution is 7.84. The van der Waals surface area contributed by atoms with Crippen LogP contribution in [0.5, 0.6) is 11.5 Å². The van der Waals surface area contributed by atoms with E-state index in [1.165, 1.54) is 13.8 Å². The minimum Gasteiger partial charge on any atom is -0.460 e. The van der Waals surface area contributed by atoms with Crippen molar-refractivity contribution in [3.05, 3.63) is 222 Å². The number of hydrogen-bond donors (Lipinski definition) is 7. The maximum atomic E-state index is 14.1. The first-order chi connectivity index (χ1) is 41.6. The Bertz CT molecular complexity index is 4020. The molecular weight excluding hydrogens is 1200 g/mol. The van der Waals surface area contributed by atoms with Crippen LogP contribution < -0.4 is 41.7 Å². The number of nitrogens with zero attached hydrogens (tertiary/aromatic N) is 2. The predicted octanol–water partition coefficient (Wildman–Crippen LogP) is 7.01. The van der Waals surface area contributed by atoms with Crippen molar-refractivity contribution in [2.75, 3.05) is 13.2 Å². The molecule has 0 bridgehead atoms. The van der Waals surface area contributed by atoms with E-state index in [-0.39, 0.29) is 31.8 Å². The van der Waals surface area contributed by atoms with Gasteiger partial charge in [-0.1, -0.05) is 133 Å². The van der Waals surface area contributed by atoms with Gasteiger partial charge < -0.3 is 43.3 Å². The molecule has 460 valence electrons. The third-order valence-corrected chi connectivity index (χ3v) is 16.5. The van der Waals surface area contributed by atoms with E-state index in [0.717, 1.165) is 42.6 Å². The number of fused-ring (bicyclic) bond motifs is 2. The minimum atomic E-state index is -4.36. The van der Waals surface area contributed by atoms with E-state index in [0.29, 0.717) is 17.3 Å². The van der Waals surface area contributed by atoms with Gasteiger partial charge in [-0.25, -0.2) is 23.8 Å². The van der Waals surface area contributed by atoms with E-state index >= 15 is 0 Å². The maximum absolute atomic E-state index is 14.1. The summed E-state index contributed by atoms with van der Waals surface area (Å²) in [5, 5.41) is 37.2. The molecule has 2 aliphatic heterocycles. The highest BCUT2D eigenvalue weighted by Crippen LogP contribution is 2.50. The number of rotatable bonds is 20. The number of H-pyrrole nitrogens is 2. The van der Waals surface area contributed by atoms with Crippen molar-refractivity contribution in [2.24, 2.45) is 0 Å². The maximum Gasteiger partial charge on any atom is 0.459 e. The molecule has 2 aromatic heterocycles. The Hall–Kier alpha value is -7.97. The monoisotopic (exact) mass is 1260 g/mol. The number of benzene rings is 6. The zero-order valence-electron chi connectivity index (χ0n) is 46.3. The molecule has 0 spiro atoms. The van der Waals surface area contributed by atoms with E-state index < -0.39 is 123 Å². The molecule has 24 nitrogen and oxygen atoms in total. The largest absolute Gasteiger partial charge is 0.460 e. The molecule has 87 heavy (non-hydrogen) atoms. The summed E-state index contributed by atoms with van der Waals surface area (Å²) < 4.78 is 93.7. The number of nitrogens with one attached hydrogen (secondary N) is 4. The average Bonchev–Trinajstić information content (AvgIpc) is 2.95. The summed E-state index contributed by atoms with van der Waals surface area (Å²) in [6, 6.07) is 41.5. The Morgan fingerprint density at radius 2 is 1.03 bits per heavy atom. The molecule has 0 saturated carbocycles. The predicted molar refractivity (Wildman–Crippen MR) is 313 cm³/mol. The number of esters is 2. The molecule has 10 rings (SSSR count). The summed E-state index contributed by atoms with van der Waals surface area (Å²) in [5.41, 5.74) is -2.43. The first kappa shape index (κ1) is 65.0. The van der Waals surface area contributed by atoms with E-state index in [1.54, 1.807) is 65.6 Å². The summed E-state index contributed by atoms with van der Waals surface area (Å²) in [6.45, 7) is -1.63. The minimum absolute atomic E-state index is 0.00472. The van der Waals surface area contributed by atoms with E-state index in [1.807, 2.05) is 89.9 Å². The van der Waals surface area contributed by atoms with Crippen LogP contribution in [0.3, 0.4) is 0 Å². The Balaban J connectivity index is 0.000000189. The molecule has 6 aromatic carbocycles. The lowest BCUT2D eigenvalue weighted by Gasteiger charge is -2.25. The number of carbonyl (C=O) groups is 2. The number of ether oxygens (including phenoxy) is 4. The first-order valence-corrected chi connectivity index (χ1v) is 30.8. The molecule has 8 aromatic rings. The lowest BCUT2D eigenvalue weighted by atomic mass is 10.1. The number of aromatic nitrogens is 4. The van der Waals surface area contributed by atoms with Gasteiger partial charge in [0, 0.05) is 34.9 Å². The summed E-state index contributed by atoms with van der Waals surface area (Å²) in [6.07, 6.45) is -4.85. The van der Waals surface area contributed by atoms with Crippen molar-refractivity contribution >= 4 is 59.3 Å². The molecule has 2 saturated heterocycles. The normalized spacial score (nSPS) is 20.1. The summed E-state index contributed by atoms with van der Waals surface area (Å²) in [4.78, 5) is 74.3. The topological polar surface area (TPSA) is 327 Å². The van der Waals surface area contributed by atoms with Gasteiger partial charge in [0.1, 0.15) is 61.5 Å². The molecule has 2 fully saturated rings. The smallest absolute Gasteiger partial charge is 0.459 e. The van der Waals surface area contributed by atoms with Gasteiger partial charge in [-0.3, -0.25) is 42.8 Å². The second-order valence-corrected chi connectivity index (χ2v) is 24.1. The fourth-order valence-electron chi connectivity index (χ4n) is 8.81. The zero-order chi connectivity index (χ0) is 62.4. The van der Waals surface area contributed by atoms with Gasteiger partial charge in [0.2, 0.25) is 11.6 Å². The van der Waals surface area contributed by atoms with Crippen LogP contribution in [-0.4, -0.2) is 96.1 Å². The van der Waals surface area contributed by atoms with Gasteiger partial charge in [0.05, 0.1) is 37.8 Å². The molecule has 0 aliphatic carbocycles. The molecule has 4 heterocycles. The van der Waals surface area contributed by atoms with Crippen LogP contribution in [0.15, 0.2) is 177 Å². The Kier molecular flexibility index (Phi) is 22.1. The second kappa shape index (κ2) is 29.6.